The van der Waals surface area contributed by atoms with E-state index in [9.17, 15) is 0 Å². The van der Waals surface area contributed by atoms with E-state index in [4.69, 9.17) is 4.98 Å². The zero-order valence-electron chi connectivity index (χ0n) is 10.8. The second-order valence-corrected chi connectivity index (χ2v) is 6.42. The Morgan fingerprint density at radius 1 is 1.16 bits per heavy atom. The van der Waals surface area contributed by atoms with Crippen LogP contribution in [0.2, 0.25) is 0 Å². The molecule has 0 saturated carbocycles. The van der Waals surface area contributed by atoms with Crippen molar-refractivity contribution in [3.63, 3.8) is 0 Å². The first kappa shape index (κ1) is 12.4. The molecule has 96 valence electrons. The summed E-state index contributed by atoms with van der Waals surface area (Å²) in [5.74, 6) is 0. The van der Waals surface area contributed by atoms with Crippen LogP contribution < -0.4 is 0 Å². The topological polar surface area (TPSA) is 38.7 Å². The number of rotatable bonds is 3. The smallest absolute Gasteiger partial charge is 0.0992 e. The average Bonchev–Trinajstić information content (AvgIpc) is 2.97. The second-order valence-electron chi connectivity index (χ2n) is 4.27. The first-order valence-electron chi connectivity index (χ1n) is 6.01. The fourth-order valence-corrected chi connectivity index (χ4v) is 3.68. The van der Waals surface area contributed by atoms with Gasteiger partial charge in [-0.05, 0) is 26.0 Å². The van der Waals surface area contributed by atoms with Gasteiger partial charge in [-0.2, -0.15) is 0 Å². The Kier molecular flexibility index (Phi) is 3.40. The molecule has 0 aliphatic heterocycles. The van der Waals surface area contributed by atoms with Crippen LogP contribution in [-0.4, -0.2) is 15.0 Å². The van der Waals surface area contributed by atoms with E-state index < -0.39 is 0 Å². The molecule has 0 spiro atoms. The Labute approximate surface area is 120 Å². The third-order valence-electron chi connectivity index (χ3n) is 2.75. The van der Waals surface area contributed by atoms with Gasteiger partial charge in [0.15, 0.2) is 0 Å². The summed E-state index contributed by atoms with van der Waals surface area (Å²) in [4.78, 5) is 14.7. The van der Waals surface area contributed by atoms with E-state index in [1.807, 2.05) is 38.2 Å². The minimum Gasteiger partial charge on any atom is -0.261 e. The molecule has 0 amide bonds. The molecule has 0 fully saturated rings. The number of nitrogens with zero attached hydrogens (tertiary/aromatic N) is 3. The van der Waals surface area contributed by atoms with Crippen LogP contribution in [0.5, 0.6) is 0 Å². The monoisotopic (exact) mass is 287 g/mol. The van der Waals surface area contributed by atoms with Crippen LogP contribution >= 0.6 is 22.7 Å². The summed E-state index contributed by atoms with van der Waals surface area (Å²) in [6.07, 6.45) is 2.61. The molecule has 0 N–H and O–H groups in total. The fourth-order valence-electron chi connectivity index (χ4n) is 1.92. The van der Waals surface area contributed by atoms with Gasteiger partial charge in [0.25, 0.3) is 0 Å². The summed E-state index contributed by atoms with van der Waals surface area (Å²) in [7, 11) is 0. The van der Waals surface area contributed by atoms with Gasteiger partial charge in [0.05, 0.1) is 26.3 Å². The van der Waals surface area contributed by atoms with Crippen molar-refractivity contribution in [1.82, 2.24) is 15.0 Å². The Bertz CT molecular complexity index is 686. The van der Waals surface area contributed by atoms with Gasteiger partial charge in [0, 0.05) is 23.7 Å². The third kappa shape index (κ3) is 2.72. The molecule has 0 aliphatic carbocycles. The molecule has 3 aromatic rings. The minimum atomic E-state index is 0.794. The molecule has 3 nitrogen and oxygen atoms in total. The van der Waals surface area contributed by atoms with E-state index in [0.29, 0.717) is 0 Å². The molecule has 0 bridgehead atoms. The van der Waals surface area contributed by atoms with Crippen molar-refractivity contribution >= 4 is 22.7 Å². The van der Waals surface area contributed by atoms with Crippen molar-refractivity contribution in [2.24, 2.45) is 0 Å². The normalized spacial score (nSPS) is 10.8. The first-order chi connectivity index (χ1) is 9.22. The van der Waals surface area contributed by atoms with Gasteiger partial charge in [-0.1, -0.05) is 6.07 Å². The molecule has 3 aromatic heterocycles. The highest BCUT2D eigenvalue weighted by Crippen LogP contribution is 2.30. The lowest BCUT2D eigenvalue weighted by Crippen LogP contribution is -1.90. The largest absolute Gasteiger partial charge is 0.261 e. The highest BCUT2D eigenvalue weighted by molar-refractivity contribution is 7.15. The predicted molar refractivity (Wildman–Crippen MR) is 79.7 cm³/mol. The Morgan fingerprint density at radius 2 is 2.05 bits per heavy atom. The van der Waals surface area contributed by atoms with E-state index in [1.165, 1.54) is 4.88 Å². The Hall–Kier alpha value is -1.59. The molecule has 0 aromatic carbocycles. The summed E-state index contributed by atoms with van der Waals surface area (Å²) >= 11 is 3.39. The lowest BCUT2D eigenvalue weighted by atomic mass is 10.3. The Balaban J connectivity index is 1.86. The number of hydrogen-bond acceptors (Lipinski definition) is 5. The van der Waals surface area contributed by atoms with Crippen molar-refractivity contribution in [3.8, 4) is 10.6 Å². The molecule has 0 aliphatic rings. The fraction of sp³-hybridized carbons (Fsp3) is 0.214. The zero-order chi connectivity index (χ0) is 13.2. The van der Waals surface area contributed by atoms with E-state index in [1.54, 1.807) is 22.7 Å². The van der Waals surface area contributed by atoms with Crippen LogP contribution in [0.15, 0.2) is 29.8 Å². The summed E-state index contributed by atoms with van der Waals surface area (Å²) < 4.78 is 0. The van der Waals surface area contributed by atoms with E-state index in [2.05, 4.69) is 15.3 Å². The number of hydrogen-bond donors (Lipinski definition) is 0. The van der Waals surface area contributed by atoms with E-state index in [-0.39, 0.29) is 0 Å². The van der Waals surface area contributed by atoms with Gasteiger partial charge in [-0.25, -0.2) is 9.97 Å². The van der Waals surface area contributed by atoms with Gasteiger partial charge in [-0.15, -0.1) is 22.7 Å². The van der Waals surface area contributed by atoms with Gasteiger partial charge >= 0.3 is 0 Å². The molecule has 19 heavy (non-hydrogen) atoms. The lowest BCUT2D eigenvalue weighted by molar-refractivity contribution is 1.05. The molecular formula is C14H13N3S2. The first-order valence-corrected chi connectivity index (χ1v) is 7.70. The second kappa shape index (κ2) is 5.19. The van der Waals surface area contributed by atoms with Crippen LogP contribution in [0.1, 0.15) is 21.4 Å². The Morgan fingerprint density at radius 3 is 2.74 bits per heavy atom. The van der Waals surface area contributed by atoms with Crippen molar-refractivity contribution in [2.45, 2.75) is 20.3 Å². The zero-order valence-corrected chi connectivity index (χ0v) is 12.4. The number of aromatic nitrogens is 3. The maximum absolute atomic E-state index is 4.70. The predicted octanol–water partition coefficient (Wildman–Crippen LogP) is 3.87. The minimum absolute atomic E-state index is 0.794. The van der Waals surface area contributed by atoms with Crippen molar-refractivity contribution in [2.75, 3.05) is 0 Å². The molecule has 0 atom stereocenters. The highest BCUT2D eigenvalue weighted by Gasteiger charge is 2.11. The van der Waals surface area contributed by atoms with Crippen molar-refractivity contribution in [3.05, 3.63) is 51.2 Å². The number of pyridine rings is 1. The average molecular weight is 287 g/mol. The highest BCUT2D eigenvalue weighted by atomic mass is 32.1. The van der Waals surface area contributed by atoms with Crippen molar-refractivity contribution < 1.29 is 0 Å². The lowest BCUT2D eigenvalue weighted by Gasteiger charge is -1.95. The van der Waals surface area contributed by atoms with E-state index >= 15 is 0 Å². The summed E-state index contributed by atoms with van der Waals surface area (Å²) in [6, 6.07) is 5.97. The number of aryl methyl sites for hydroxylation is 2. The maximum Gasteiger partial charge on any atom is 0.0992 e. The molecule has 0 saturated heterocycles. The van der Waals surface area contributed by atoms with Gasteiger partial charge < -0.3 is 0 Å². The van der Waals surface area contributed by atoms with Crippen molar-refractivity contribution in [1.29, 1.82) is 0 Å². The van der Waals surface area contributed by atoms with Gasteiger partial charge in [0.1, 0.15) is 0 Å². The summed E-state index contributed by atoms with van der Waals surface area (Å²) in [6.45, 7) is 4.07. The van der Waals surface area contributed by atoms with Gasteiger partial charge in [-0.3, -0.25) is 4.98 Å². The summed E-state index contributed by atoms with van der Waals surface area (Å²) in [5, 5.41) is 4.30. The van der Waals surface area contributed by atoms with E-state index in [0.717, 1.165) is 33.5 Å². The van der Waals surface area contributed by atoms with Crippen LogP contribution in [-0.2, 0) is 6.42 Å². The third-order valence-corrected chi connectivity index (χ3v) is 4.69. The SMILES string of the molecule is Cc1nc(C)c(-c2csc(Cc3ccccn3)n2)s1. The molecular weight excluding hydrogens is 274 g/mol. The standard InChI is InChI=1S/C14H13N3S2/c1-9-14(19-10(2)16-9)12-8-18-13(17-12)7-11-5-3-4-6-15-11/h3-6,8H,7H2,1-2H3. The molecule has 3 heterocycles. The van der Waals surface area contributed by atoms with Gasteiger partial charge in [0.2, 0.25) is 0 Å². The summed E-state index contributed by atoms with van der Waals surface area (Å²) in [5.41, 5.74) is 3.16. The molecule has 0 radical (unpaired) electrons. The molecule has 5 heteroatoms. The van der Waals surface area contributed by atoms with Crippen LogP contribution in [0.4, 0.5) is 0 Å². The quantitative estimate of drug-likeness (QED) is 0.734. The number of thiazole rings is 2. The maximum atomic E-state index is 4.70. The van der Waals surface area contributed by atoms with Crippen LogP contribution in [0, 0.1) is 13.8 Å². The van der Waals surface area contributed by atoms with Crippen LogP contribution in [0.3, 0.4) is 0 Å². The van der Waals surface area contributed by atoms with Crippen LogP contribution in [0.25, 0.3) is 10.6 Å². The molecule has 3 rings (SSSR count). The molecule has 0 unspecified atom stereocenters.